The molecule has 158 valence electrons. The molecule has 2 aliphatic heterocycles. The number of rotatable bonds is 4. The number of para-hydroxylation sites is 1. The molecule has 31 heavy (non-hydrogen) atoms. The Kier molecular flexibility index (Phi) is 5.06. The Bertz CT molecular complexity index is 1160. The topological polar surface area (TPSA) is 70.6 Å². The van der Waals surface area contributed by atoms with Gasteiger partial charge in [0.25, 0.3) is 11.8 Å². The quantitative estimate of drug-likeness (QED) is 0.583. The molecule has 2 aliphatic rings. The molecule has 3 amide bonds. The maximum atomic E-state index is 12.7. The van der Waals surface area contributed by atoms with Gasteiger partial charge < -0.3 is 4.90 Å². The fraction of sp³-hybridized carbons (Fsp3) is 0.333. The third kappa shape index (κ3) is 3.63. The van der Waals surface area contributed by atoms with E-state index >= 15 is 0 Å². The highest BCUT2D eigenvalue weighted by molar-refractivity contribution is 7.18. The van der Waals surface area contributed by atoms with Gasteiger partial charge in [0.15, 0.2) is 0 Å². The molecule has 3 aromatic rings. The number of aryl methyl sites for hydroxylation is 1. The van der Waals surface area contributed by atoms with Crippen molar-refractivity contribution >= 4 is 39.3 Å². The fourth-order valence-electron chi connectivity index (χ4n) is 4.41. The summed E-state index contributed by atoms with van der Waals surface area (Å²) in [6.07, 6.45) is 1.94. The first-order valence-electron chi connectivity index (χ1n) is 10.6. The van der Waals surface area contributed by atoms with E-state index in [0.29, 0.717) is 30.1 Å². The number of thiazole rings is 1. The zero-order valence-electron chi connectivity index (χ0n) is 17.3. The third-order valence-corrected chi connectivity index (χ3v) is 7.38. The van der Waals surface area contributed by atoms with Crippen molar-refractivity contribution < 1.29 is 14.4 Å². The number of imide groups is 1. The van der Waals surface area contributed by atoms with Crippen LogP contribution in [0.1, 0.15) is 56.5 Å². The van der Waals surface area contributed by atoms with Crippen LogP contribution in [0.15, 0.2) is 42.5 Å². The van der Waals surface area contributed by atoms with Crippen LogP contribution in [0.3, 0.4) is 0 Å². The molecule has 0 saturated carbocycles. The molecule has 0 radical (unpaired) electrons. The summed E-state index contributed by atoms with van der Waals surface area (Å²) < 4.78 is 1.20. The monoisotopic (exact) mass is 433 g/mol. The lowest BCUT2D eigenvalue weighted by Crippen LogP contribution is -2.40. The fourth-order valence-corrected chi connectivity index (χ4v) is 5.55. The van der Waals surface area contributed by atoms with Crippen LogP contribution in [-0.2, 0) is 4.79 Å². The lowest BCUT2D eigenvalue weighted by atomic mass is 9.97. The minimum Gasteiger partial charge on any atom is -0.343 e. The van der Waals surface area contributed by atoms with Gasteiger partial charge in [-0.1, -0.05) is 23.8 Å². The zero-order valence-corrected chi connectivity index (χ0v) is 18.2. The summed E-state index contributed by atoms with van der Waals surface area (Å²) in [5.41, 5.74) is 2.85. The van der Waals surface area contributed by atoms with E-state index in [0.717, 1.165) is 28.9 Å². The van der Waals surface area contributed by atoms with E-state index in [9.17, 15) is 14.4 Å². The second-order valence-electron chi connectivity index (χ2n) is 8.24. The molecule has 7 heteroatoms. The van der Waals surface area contributed by atoms with E-state index in [4.69, 9.17) is 4.98 Å². The Morgan fingerprint density at radius 1 is 1.06 bits per heavy atom. The van der Waals surface area contributed by atoms with E-state index < -0.39 is 0 Å². The predicted octanol–water partition coefficient (Wildman–Crippen LogP) is 4.00. The minimum absolute atomic E-state index is 0.00418. The number of hydrogen-bond acceptors (Lipinski definition) is 5. The summed E-state index contributed by atoms with van der Waals surface area (Å²) in [7, 11) is 0. The normalized spacial score (nSPS) is 16.9. The van der Waals surface area contributed by atoms with Crippen molar-refractivity contribution in [3.8, 4) is 0 Å². The van der Waals surface area contributed by atoms with Crippen LogP contribution >= 0.6 is 11.3 Å². The Labute approximate surface area is 184 Å². The number of nitrogens with zero attached hydrogens (tertiary/aromatic N) is 3. The number of carbonyl (C=O) groups is 3. The molecule has 0 atom stereocenters. The van der Waals surface area contributed by atoms with Crippen molar-refractivity contribution in [3.63, 3.8) is 0 Å². The van der Waals surface area contributed by atoms with E-state index in [-0.39, 0.29) is 30.7 Å². The second-order valence-corrected chi connectivity index (χ2v) is 9.30. The highest BCUT2D eigenvalue weighted by Crippen LogP contribution is 2.34. The summed E-state index contributed by atoms with van der Waals surface area (Å²) in [6.45, 7) is 3.38. The van der Waals surface area contributed by atoms with E-state index in [2.05, 4.69) is 6.07 Å². The number of likely N-dealkylation sites (tertiary alicyclic amines) is 1. The average molecular weight is 434 g/mol. The molecule has 0 aliphatic carbocycles. The van der Waals surface area contributed by atoms with Crippen LogP contribution in [0.4, 0.5) is 0 Å². The lowest BCUT2D eigenvalue weighted by molar-refractivity contribution is -0.132. The van der Waals surface area contributed by atoms with Gasteiger partial charge in [-0.2, -0.15) is 0 Å². The van der Waals surface area contributed by atoms with Crippen molar-refractivity contribution in [1.82, 2.24) is 14.8 Å². The van der Waals surface area contributed by atoms with Crippen LogP contribution < -0.4 is 0 Å². The van der Waals surface area contributed by atoms with Crippen molar-refractivity contribution in [3.05, 3.63) is 64.2 Å². The molecule has 0 bridgehead atoms. The first-order valence-corrected chi connectivity index (χ1v) is 11.4. The van der Waals surface area contributed by atoms with Crippen LogP contribution in [0.5, 0.6) is 0 Å². The first kappa shape index (κ1) is 19.9. The minimum atomic E-state index is -0.303. The Balaban J connectivity index is 1.17. The van der Waals surface area contributed by atoms with E-state index in [1.807, 2.05) is 36.1 Å². The van der Waals surface area contributed by atoms with Crippen LogP contribution in [-0.4, -0.2) is 52.1 Å². The molecule has 0 unspecified atom stereocenters. The van der Waals surface area contributed by atoms with Crippen molar-refractivity contribution in [2.45, 2.75) is 32.1 Å². The molecule has 0 spiro atoms. The number of amides is 3. The summed E-state index contributed by atoms with van der Waals surface area (Å²) in [4.78, 5) is 45.7. The molecule has 3 heterocycles. The molecule has 1 saturated heterocycles. The largest absolute Gasteiger partial charge is 0.343 e. The number of piperidine rings is 1. The van der Waals surface area contributed by atoms with Gasteiger partial charge in [0.2, 0.25) is 5.91 Å². The van der Waals surface area contributed by atoms with Gasteiger partial charge in [-0.15, -0.1) is 11.3 Å². The van der Waals surface area contributed by atoms with Gasteiger partial charge in [-0.05, 0) is 44.0 Å². The molecule has 6 nitrogen and oxygen atoms in total. The zero-order chi connectivity index (χ0) is 21.5. The number of hydrogen-bond donors (Lipinski definition) is 0. The molecular weight excluding hydrogens is 410 g/mol. The molecular formula is C24H23N3O3S. The first-order chi connectivity index (χ1) is 15.0. The van der Waals surface area contributed by atoms with Crippen LogP contribution in [0.2, 0.25) is 0 Å². The van der Waals surface area contributed by atoms with E-state index in [1.165, 1.54) is 9.60 Å². The molecule has 1 aromatic heterocycles. The third-order valence-electron chi connectivity index (χ3n) is 6.18. The number of benzene rings is 2. The molecule has 1 fully saturated rings. The van der Waals surface area contributed by atoms with Crippen molar-refractivity contribution in [2.75, 3.05) is 19.6 Å². The SMILES string of the molecule is Cc1ccc2c(c1)C(=O)N(CCC(=O)N1CCC(c3nc4ccccc4s3)CC1)C2=O. The number of fused-ring (bicyclic) bond motifs is 2. The number of aromatic nitrogens is 1. The predicted molar refractivity (Wildman–Crippen MR) is 119 cm³/mol. The summed E-state index contributed by atoms with van der Waals surface area (Å²) in [6, 6.07) is 13.4. The summed E-state index contributed by atoms with van der Waals surface area (Å²) in [5, 5.41) is 1.15. The molecule has 5 rings (SSSR count). The smallest absolute Gasteiger partial charge is 0.261 e. The van der Waals surface area contributed by atoms with Gasteiger partial charge in [0.05, 0.1) is 26.4 Å². The maximum absolute atomic E-state index is 12.7. The number of carbonyl (C=O) groups excluding carboxylic acids is 3. The lowest BCUT2D eigenvalue weighted by Gasteiger charge is -2.31. The second kappa shape index (κ2) is 7.89. The van der Waals surface area contributed by atoms with Crippen LogP contribution in [0, 0.1) is 6.92 Å². The van der Waals surface area contributed by atoms with Gasteiger partial charge in [0, 0.05) is 32.0 Å². The summed E-state index contributed by atoms with van der Waals surface area (Å²) in [5.74, 6) is -0.232. The Morgan fingerprint density at radius 2 is 1.81 bits per heavy atom. The van der Waals surface area contributed by atoms with Gasteiger partial charge in [0.1, 0.15) is 0 Å². The molecule has 2 aromatic carbocycles. The molecule has 0 N–H and O–H groups in total. The highest BCUT2D eigenvalue weighted by atomic mass is 32.1. The highest BCUT2D eigenvalue weighted by Gasteiger charge is 2.36. The van der Waals surface area contributed by atoms with Gasteiger partial charge >= 0.3 is 0 Å². The standard InChI is InChI=1S/C24H23N3O3S/c1-15-6-7-17-18(14-15)24(30)27(23(17)29)13-10-21(28)26-11-8-16(9-12-26)22-25-19-4-2-3-5-20(19)31-22/h2-7,14,16H,8-13H2,1H3. The summed E-state index contributed by atoms with van der Waals surface area (Å²) >= 11 is 1.74. The van der Waals surface area contributed by atoms with Crippen LogP contribution in [0.25, 0.3) is 10.2 Å². The van der Waals surface area contributed by atoms with E-state index in [1.54, 1.807) is 23.5 Å². The Morgan fingerprint density at radius 3 is 2.58 bits per heavy atom. The van der Waals surface area contributed by atoms with Gasteiger partial charge in [-0.3, -0.25) is 19.3 Å². The van der Waals surface area contributed by atoms with Crippen molar-refractivity contribution in [2.24, 2.45) is 0 Å². The maximum Gasteiger partial charge on any atom is 0.261 e. The van der Waals surface area contributed by atoms with Gasteiger partial charge in [-0.25, -0.2) is 4.98 Å². The van der Waals surface area contributed by atoms with Crippen molar-refractivity contribution in [1.29, 1.82) is 0 Å². The average Bonchev–Trinajstić information content (AvgIpc) is 3.32. The Hall–Kier alpha value is -3.06.